The van der Waals surface area contributed by atoms with Gasteiger partial charge in [0, 0.05) is 26.1 Å². The van der Waals surface area contributed by atoms with E-state index >= 15 is 0 Å². The zero-order valence-corrected chi connectivity index (χ0v) is 8.16. The van der Waals surface area contributed by atoms with Crippen LogP contribution < -0.4 is 0 Å². The van der Waals surface area contributed by atoms with Gasteiger partial charge in [-0.15, -0.1) is 0 Å². The molecule has 0 amide bonds. The highest BCUT2D eigenvalue weighted by molar-refractivity contribution is 5.80. The van der Waals surface area contributed by atoms with Crippen LogP contribution in [0.25, 0.3) is 0 Å². The van der Waals surface area contributed by atoms with Crippen molar-refractivity contribution in [1.29, 1.82) is 5.26 Å². The van der Waals surface area contributed by atoms with E-state index in [0.717, 1.165) is 32.0 Å². The second kappa shape index (κ2) is 4.83. The minimum Gasteiger partial charge on any atom is -0.381 e. The summed E-state index contributed by atoms with van der Waals surface area (Å²) >= 11 is 0. The van der Waals surface area contributed by atoms with Gasteiger partial charge in [0.1, 0.15) is 5.84 Å². The summed E-state index contributed by atoms with van der Waals surface area (Å²) in [6.45, 7) is 4.48. The van der Waals surface area contributed by atoms with Crippen LogP contribution >= 0.6 is 0 Å². The number of amidine groups is 1. The predicted molar refractivity (Wildman–Crippen MR) is 50.3 cm³/mol. The van der Waals surface area contributed by atoms with Crippen LogP contribution in [0, 0.1) is 17.4 Å². The van der Waals surface area contributed by atoms with Crippen LogP contribution in [0.1, 0.15) is 13.3 Å². The van der Waals surface area contributed by atoms with E-state index in [2.05, 4.69) is 4.99 Å². The van der Waals surface area contributed by atoms with E-state index < -0.39 is 0 Å². The van der Waals surface area contributed by atoms with Gasteiger partial charge in [-0.1, -0.05) is 0 Å². The molecule has 1 unspecified atom stereocenters. The van der Waals surface area contributed by atoms with E-state index in [0.29, 0.717) is 5.92 Å². The Balaban J connectivity index is 2.36. The Morgan fingerprint density at radius 1 is 1.77 bits per heavy atom. The summed E-state index contributed by atoms with van der Waals surface area (Å²) in [4.78, 5) is 5.68. The number of nitrogens with zero attached hydrogens (tertiary/aromatic N) is 3. The monoisotopic (exact) mass is 181 g/mol. The van der Waals surface area contributed by atoms with E-state index in [1.807, 2.05) is 18.9 Å². The molecule has 1 aliphatic rings. The molecule has 1 aliphatic heterocycles. The number of hydrogen-bond acceptors (Lipinski definition) is 3. The van der Waals surface area contributed by atoms with E-state index in [9.17, 15) is 0 Å². The third-order valence-corrected chi connectivity index (χ3v) is 2.32. The van der Waals surface area contributed by atoms with E-state index in [-0.39, 0.29) is 0 Å². The summed E-state index contributed by atoms with van der Waals surface area (Å²) < 4.78 is 5.27. The minimum absolute atomic E-state index is 0.592. The molecule has 0 bridgehead atoms. The van der Waals surface area contributed by atoms with Crippen molar-refractivity contribution in [2.24, 2.45) is 10.9 Å². The van der Waals surface area contributed by atoms with Crippen molar-refractivity contribution >= 4 is 5.84 Å². The predicted octanol–water partition coefficient (Wildman–Crippen LogP) is 0.854. The van der Waals surface area contributed by atoms with Gasteiger partial charge in [0.25, 0.3) is 0 Å². The Morgan fingerprint density at radius 3 is 3.08 bits per heavy atom. The van der Waals surface area contributed by atoms with Crippen molar-refractivity contribution < 1.29 is 4.74 Å². The van der Waals surface area contributed by atoms with Gasteiger partial charge in [-0.05, 0) is 13.3 Å². The van der Waals surface area contributed by atoms with E-state index in [4.69, 9.17) is 10.00 Å². The smallest absolute Gasteiger partial charge is 0.207 e. The molecule has 0 spiro atoms. The Bertz CT molecular complexity index is 226. The van der Waals surface area contributed by atoms with Gasteiger partial charge in [-0.3, -0.25) is 0 Å². The lowest BCUT2D eigenvalue weighted by molar-refractivity contribution is 0.181. The summed E-state index contributed by atoms with van der Waals surface area (Å²) in [6, 6.07) is 0. The highest BCUT2D eigenvalue weighted by atomic mass is 16.5. The quantitative estimate of drug-likeness (QED) is 0.360. The van der Waals surface area contributed by atoms with E-state index in [1.165, 1.54) is 0 Å². The highest BCUT2D eigenvalue weighted by Gasteiger charge is 2.17. The maximum Gasteiger partial charge on any atom is 0.207 e. The second-order valence-electron chi connectivity index (χ2n) is 3.37. The molecular formula is C9H15N3O. The first-order valence-corrected chi connectivity index (χ1v) is 4.46. The molecule has 4 nitrogen and oxygen atoms in total. The summed E-state index contributed by atoms with van der Waals surface area (Å²) in [7, 11) is 1.95. The first-order chi connectivity index (χ1) is 6.24. The molecule has 0 aromatic carbocycles. The van der Waals surface area contributed by atoms with Crippen LogP contribution in [0.5, 0.6) is 0 Å². The molecule has 0 N–H and O–H groups in total. The second-order valence-corrected chi connectivity index (χ2v) is 3.37. The van der Waals surface area contributed by atoms with Crippen molar-refractivity contribution in [1.82, 2.24) is 4.90 Å². The third-order valence-electron chi connectivity index (χ3n) is 2.32. The fourth-order valence-electron chi connectivity index (χ4n) is 1.40. The average molecular weight is 181 g/mol. The topological polar surface area (TPSA) is 48.6 Å². The van der Waals surface area contributed by atoms with Crippen LogP contribution in [0.15, 0.2) is 4.99 Å². The molecule has 72 valence electrons. The zero-order valence-electron chi connectivity index (χ0n) is 8.16. The van der Waals surface area contributed by atoms with E-state index in [1.54, 1.807) is 6.19 Å². The van der Waals surface area contributed by atoms with Crippen molar-refractivity contribution in [2.75, 3.05) is 26.8 Å². The lowest BCUT2D eigenvalue weighted by Gasteiger charge is -2.20. The van der Waals surface area contributed by atoms with Gasteiger partial charge in [0.05, 0.1) is 6.61 Å². The van der Waals surface area contributed by atoms with Crippen LogP contribution in [-0.4, -0.2) is 37.5 Å². The first kappa shape index (κ1) is 10.0. The average Bonchev–Trinajstić information content (AvgIpc) is 2.57. The summed E-state index contributed by atoms with van der Waals surface area (Å²) in [5.41, 5.74) is 0. The van der Waals surface area contributed by atoms with Crippen molar-refractivity contribution in [3.05, 3.63) is 0 Å². The van der Waals surface area contributed by atoms with Crippen LogP contribution in [-0.2, 0) is 4.74 Å². The molecule has 1 atom stereocenters. The molecule has 0 aromatic heterocycles. The van der Waals surface area contributed by atoms with Crippen LogP contribution in [0.4, 0.5) is 0 Å². The molecule has 0 radical (unpaired) electrons. The Labute approximate surface area is 78.8 Å². The fourth-order valence-corrected chi connectivity index (χ4v) is 1.40. The largest absolute Gasteiger partial charge is 0.381 e. The fraction of sp³-hybridized carbons (Fsp3) is 0.778. The summed E-state index contributed by atoms with van der Waals surface area (Å²) in [5, 5.41) is 8.36. The molecule has 4 heteroatoms. The van der Waals surface area contributed by atoms with Gasteiger partial charge in [-0.2, -0.15) is 10.3 Å². The lowest BCUT2D eigenvalue weighted by atomic mass is 10.1. The highest BCUT2D eigenvalue weighted by Crippen LogP contribution is 2.13. The molecule has 1 saturated heterocycles. The zero-order chi connectivity index (χ0) is 9.68. The number of hydrogen-bond donors (Lipinski definition) is 0. The van der Waals surface area contributed by atoms with Gasteiger partial charge < -0.3 is 9.64 Å². The molecule has 1 rings (SSSR count). The number of aliphatic imine (C=N–C) groups is 1. The molecule has 1 fully saturated rings. The van der Waals surface area contributed by atoms with Crippen molar-refractivity contribution in [3.63, 3.8) is 0 Å². The maximum absolute atomic E-state index is 8.36. The SMILES string of the molecule is CC(=NC#N)N(C)CC1CCOC1. The van der Waals surface area contributed by atoms with Gasteiger partial charge in [-0.25, -0.2) is 0 Å². The Kier molecular flexibility index (Phi) is 3.71. The Hall–Kier alpha value is -1.08. The third kappa shape index (κ3) is 3.03. The molecule has 0 aliphatic carbocycles. The normalized spacial score (nSPS) is 22.8. The minimum atomic E-state index is 0.592. The first-order valence-electron chi connectivity index (χ1n) is 4.46. The summed E-state index contributed by atoms with van der Waals surface area (Å²) in [6.07, 6.45) is 2.90. The van der Waals surface area contributed by atoms with Crippen molar-refractivity contribution in [2.45, 2.75) is 13.3 Å². The number of ether oxygens (including phenoxy) is 1. The van der Waals surface area contributed by atoms with Gasteiger partial charge >= 0.3 is 0 Å². The van der Waals surface area contributed by atoms with Gasteiger partial charge in [0.2, 0.25) is 6.19 Å². The lowest BCUT2D eigenvalue weighted by Crippen LogP contribution is -2.30. The van der Waals surface area contributed by atoms with Crippen LogP contribution in [0.3, 0.4) is 0 Å². The molecular weight excluding hydrogens is 166 g/mol. The molecule has 0 aromatic rings. The number of nitriles is 1. The summed E-state index contributed by atoms with van der Waals surface area (Å²) in [5.74, 6) is 1.36. The molecule has 13 heavy (non-hydrogen) atoms. The Morgan fingerprint density at radius 2 is 2.54 bits per heavy atom. The molecule has 0 saturated carbocycles. The van der Waals surface area contributed by atoms with Crippen molar-refractivity contribution in [3.8, 4) is 6.19 Å². The standard InChI is InChI=1S/C9H15N3O/c1-8(11-7-10)12(2)5-9-3-4-13-6-9/h9H,3-6H2,1-2H3. The maximum atomic E-state index is 8.36. The van der Waals surface area contributed by atoms with Gasteiger partial charge in [0.15, 0.2) is 0 Å². The van der Waals surface area contributed by atoms with Crippen LogP contribution in [0.2, 0.25) is 0 Å². The molecule has 1 heterocycles. The number of rotatable bonds is 2.